The van der Waals surface area contributed by atoms with E-state index in [0.717, 1.165) is 36.3 Å². The number of para-hydroxylation sites is 1. The lowest BCUT2D eigenvalue weighted by molar-refractivity contribution is 0.0736. The molecule has 1 fully saturated rings. The zero-order chi connectivity index (χ0) is 14.3. The second-order valence-corrected chi connectivity index (χ2v) is 6.35. The van der Waals surface area contributed by atoms with Gasteiger partial charge in [0.15, 0.2) is 0 Å². The normalized spacial score (nSPS) is 22.3. The van der Waals surface area contributed by atoms with Crippen molar-refractivity contribution in [1.82, 2.24) is 9.55 Å². The van der Waals surface area contributed by atoms with Gasteiger partial charge in [0.05, 0.1) is 28.6 Å². The van der Waals surface area contributed by atoms with Crippen molar-refractivity contribution in [2.45, 2.75) is 51.1 Å². The van der Waals surface area contributed by atoms with Gasteiger partial charge in [0.25, 0.3) is 0 Å². The molecule has 20 heavy (non-hydrogen) atoms. The van der Waals surface area contributed by atoms with Crippen molar-refractivity contribution in [2.24, 2.45) is 0 Å². The smallest absolute Gasteiger partial charge is 0.128 e. The number of hydrogen-bond acceptors (Lipinski definition) is 2. The summed E-state index contributed by atoms with van der Waals surface area (Å²) >= 11 is 6.36. The second kappa shape index (κ2) is 5.38. The number of aromatic nitrogens is 2. The lowest BCUT2D eigenvalue weighted by Gasteiger charge is -2.23. The molecule has 0 bridgehead atoms. The number of nitrogens with zero attached hydrogens (tertiary/aromatic N) is 2. The Balaban J connectivity index is 2.15. The molecule has 1 saturated heterocycles. The number of imidazole rings is 1. The molecule has 2 aromatic rings. The molecule has 3 nitrogen and oxygen atoms in total. The summed E-state index contributed by atoms with van der Waals surface area (Å²) in [6, 6.07) is 6.57. The molecule has 3 rings (SSSR count). The Labute approximate surface area is 124 Å². The van der Waals surface area contributed by atoms with Gasteiger partial charge < -0.3 is 9.30 Å². The third kappa shape index (κ3) is 2.23. The highest BCUT2D eigenvalue weighted by molar-refractivity contribution is 6.20. The van der Waals surface area contributed by atoms with Crippen LogP contribution in [0, 0.1) is 6.92 Å². The Hall–Kier alpha value is -1.06. The number of ether oxygens (including phenoxy) is 1. The van der Waals surface area contributed by atoms with Crippen LogP contribution in [0.25, 0.3) is 11.0 Å². The average molecular weight is 293 g/mol. The van der Waals surface area contributed by atoms with Crippen LogP contribution in [0.15, 0.2) is 18.2 Å². The first kappa shape index (κ1) is 13.9. The van der Waals surface area contributed by atoms with Crippen LogP contribution in [0.3, 0.4) is 0 Å². The molecule has 3 atom stereocenters. The Kier molecular flexibility index (Phi) is 3.74. The summed E-state index contributed by atoms with van der Waals surface area (Å²) in [5.74, 6) is 0.943. The standard InChI is InChI=1S/C16H21ClN2O/c1-10-6-4-7-13-15(10)18-16(11(2)17)19(13)12(3)14-8-5-9-20-14/h4,6-7,11-12,14H,5,8-9H2,1-3H3. The third-order valence-corrected chi connectivity index (χ3v) is 4.41. The van der Waals surface area contributed by atoms with E-state index in [1.165, 1.54) is 5.56 Å². The van der Waals surface area contributed by atoms with Crippen LogP contribution in [-0.2, 0) is 4.74 Å². The average Bonchev–Trinajstić information content (AvgIpc) is 3.06. The van der Waals surface area contributed by atoms with Crippen LogP contribution in [0.2, 0.25) is 0 Å². The predicted octanol–water partition coefficient (Wildman–Crippen LogP) is 4.38. The van der Waals surface area contributed by atoms with Gasteiger partial charge in [0.2, 0.25) is 0 Å². The maximum absolute atomic E-state index is 6.36. The Morgan fingerprint density at radius 3 is 2.85 bits per heavy atom. The number of alkyl halides is 1. The number of aryl methyl sites for hydroxylation is 1. The Morgan fingerprint density at radius 2 is 2.20 bits per heavy atom. The summed E-state index contributed by atoms with van der Waals surface area (Å²) in [6.45, 7) is 7.16. The number of fused-ring (bicyclic) bond motifs is 1. The predicted molar refractivity (Wildman–Crippen MR) is 82.4 cm³/mol. The lowest BCUT2D eigenvalue weighted by Crippen LogP contribution is -2.22. The highest BCUT2D eigenvalue weighted by Gasteiger charge is 2.28. The van der Waals surface area contributed by atoms with E-state index in [2.05, 4.69) is 36.6 Å². The van der Waals surface area contributed by atoms with Crippen LogP contribution in [0.4, 0.5) is 0 Å². The molecular formula is C16H21ClN2O. The highest BCUT2D eigenvalue weighted by atomic mass is 35.5. The first-order valence-corrected chi connectivity index (χ1v) is 7.76. The molecule has 4 heteroatoms. The Bertz CT molecular complexity index is 614. The van der Waals surface area contributed by atoms with Crippen LogP contribution in [0.5, 0.6) is 0 Å². The van der Waals surface area contributed by atoms with E-state index in [-0.39, 0.29) is 17.5 Å². The van der Waals surface area contributed by atoms with Gasteiger partial charge in [-0.25, -0.2) is 4.98 Å². The molecule has 2 heterocycles. The van der Waals surface area contributed by atoms with Gasteiger partial charge in [-0.3, -0.25) is 0 Å². The topological polar surface area (TPSA) is 27.1 Å². The Morgan fingerprint density at radius 1 is 1.40 bits per heavy atom. The summed E-state index contributed by atoms with van der Waals surface area (Å²) < 4.78 is 8.13. The maximum Gasteiger partial charge on any atom is 0.128 e. The first-order chi connectivity index (χ1) is 9.59. The molecule has 0 radical (unpaired) electrons. The van der Waals surface area contributed by atoms with Gasteiger partial charge in [-0.15, -0.1) is 11.6 Å². The van der Waals surface area contributed by atoms with E-state index in [0.29, 0.717) is 0 Å². The lowest BCUT2D eigenvalue weighted by atomic mass is 10.1. The molecular weight excluding hydrogens is 272 g/mol. The van der Waals surface area contributed by atoms with Gasteiger partial charge >= 0.3 is 0 Å². The zero-order valence-corrected chi connectivity index (χ0v) is 13.0. The van der Waals surface area contributed by atoms with E-state index in [4.69, 9.17) is 21.3 Å². The fourth-order valence-electron chi connectivity index (χ4n) is 3.13. The number of halogens is 1. The number of hydrogen-bond donors (Lipinski definition) is 0. The van der Waals surface area contributed by atoms with E-state index in [1.54, 1.807) is 0 Å². The van der Waals surface area contributed by atoms with E-state index in [1.807, 2.05) is 6.92 Å². The van der Waals surface area contributed by atoms with E-state index in [9.17, 15) is 0 Å². The molecule has 3 unspecified atom stereocenters. The largest absolute Gasteiger partial charge is 0.376 e. The van der Waals surface area contributed by atoms with Crippen molar-refractivity contribution >= 4 is 22.6 Å². The fraction of sp³-hybridized carbons (Fsp3) is 0.562. The van der Waals surface area contributed by atoms with Crippen molar-refractivity contribution in [1.29, 1.82) is 0 Å². The molecule has 0 spiro atoms. The van der Waals surface area contributed by atoms with Crippen molar-refractivity contribution < 1.29 is 4.74 Å². The highest BCUT2D eigenvalue weighted by Crippen LogP contribution is 2.33. The molecule has 0 amide bonds. The summed E-state index contributed by atoms with van der Waals surface area (Å²) in [5, 5.41) is -0.106. The van der Waals surface area contributed by atoms with Crippen LogP contribution in [0.1, 0.15) is 49.5 Å². The SMILES string of the molecule is Cc1cccc2c1nc(C(C)Cl)n2C(C)C1CCCO1. The third-order valence-electron chi connectivity index (χ3n) is 4.22. The van der Waals surface area contributed by atoms with Crippen LogP contribution >= 0.6 is 11.6 Å². The van der Waals surface area contributed by atoms with Crippen molar-refractivity contribution in [3.8, 4) is 0 Å². The fourth-order valence-corrected chi connectivity index (χ4v) is 3.29. The second-order valence-electron chi connectivity index (χ2n) is 5.69. The summed E-state index contributed by atoms with van der Waals surface area (Å²) in [6.07, 6.45) is 2.52. The van der Waals surface area contributed by atoms with Gasteiger partial charge in [0.1, 0.15) is 5.82 Å². The molecule has 1 aromatic carbocycles. The molecule has 0 N–H and O–H groups in total. The van der Waals surface area contributed by atoms with Gasteiger partial charge in [-0.2, -0.15) is 0 Å². The number of rotatable bonds is 3. The number of benzene rings is 1. The summed E-state index contributed by atoms with van der Waals surface area (Å²) in [4.78, 5) is 4.78. The minimum absolute atomic E-state index is 0.106. The molecule has 1 aliphatic rings. The molecule has 1 aliphatic heterocycles. The minimum Gasteiger partial charge on any atom is -0.376 e. The van der Waals surface area contributed by atoms with Crippen molar-refractivity contribution in [3.05, 3.63) is 29.6 Å². The molecule has 108 valence electrons. The quantitative estimate of drug-likeness (QED) is 0.785. The van der Waals surface area contributed by atoms with Crippen LogP contribution < -0.4 is 0 Å². The molecule has 0 aliphatic carbocycles. The van der Waals surface area contributed by atoms with Gasteiger partial charge in [-0.05, 0) is 45.2 Å². The van der Waals surface area contributed by atoms with Crippen molar-refractivity contribution in [3.63, 3.8) is 0 Å². The van der Waals surface area contributed by atoms with E-state index < -0.39 is 0 Å². The van der Waals surface area contributed by atoms with Gasteiger partial charge in [0, 0.05) is 6.61 Å². The van der Waals surface area contributed by atoms with Crippen molar-refractivity contribution in [2.75, 3.05) is 6.61 Å². The summed E-state index contributed by atoms with van der Waals surface area (Å²) in [5.41, 5.74) is 3.41. The summed E-state index contributed by atoms with van der Waals surface area (Å²) in [7, 11) is 0. The zero-order valence-electron chi connectivity index (χ0n) is 12.3. The maximum atomic E-state index is 6.36. The van der Waals surface area contributed by atoms with Gasteiger partial charge in [-0.1, -0.05) is 12.1 Å². The van der Waals surface area contributed by atoms with E-state index >= 15 is 0 Å². The monoisotopic (exact) mass is 292 g/mol. The molecule has 1 aromatic heterocycles. The molecule has 0 saturated carbocycles. The first-order valence-electron chi connectivity index (χ1n) is 7.32. The van der Waals surface area contributed by atoms with Crippen LogP contribution in [-0.4, -0.2) is 22.3 Å². The minimum atomic E-state index is -0.106.